The highest BCUT2D eigenvalue weighted by atomic mass is 32.2. The number of hydrogen-bond acceptors (Lipinski definition) is 8. The van der Waals surface area contributed by atoms with Crippen molar-refractivity contribution in [2.45, 2.75) is 51.5 Å². The van der Waals surface area contributed by atoms with Gasteiger partial charge in [0.15, 0.2) is 0 Å². The number of aliphatic hydroxyl groups excluding tert-OH is 1. The van der Waals surface area contributed by atoms with Crippen LogP contribution in [0, 0.1) is 6.92 Å². The number of hydrogen-bond donors (Lipinski definition) is 4. The molecule has 0 spiro atoms. The van der Waals surface area contributed by atoms with E-state index in [-0.39, 0.29) is 29.4 Å². The Bertz CT molecular complexity index is 1800. The Morgan fingerprint density at radius 2 is 1.59 bits per heavy atom. The molecule has 0 aliphatic carbocycles. The van der Waals surface area contributed by atoms with Crippen molar-refractivity contribution in [3.05, 3.63) is 119 Å². The number of aromatic nitrogens is 2. The van der Waals surface area contributed by atoms with Crippen LogP contribution in [0.2, 0.25) is 0 Å². The summed E-state index contributed by atoms with van der Waals surface area (Å²) in [6, 6.07) is 22.1. The van der Waals surface area contributed by atoms with Crippen molar-refractivity contribution in [2.75, 3.05) is 37.9 Å². The van der Waals surface area contributed by atoms with Gasteiger partial charge in [-0.3, -0.25) is 18.6 Å². The van der Waals surface area contributed by atoms with Gasteiger partial charge < -0.3 is 25.8 Å². The van der Waals surface area contributed by atoms with Gasteiger partial charge in [0.1, 0.15) is 0 Å². The van der Waals surface area contributed by atoms with Crippen molar-refractivity contribution in [2.24, 2.45) is 0 Å². The van der Waals surface area contributed by atoms with E-state index in [1.165, 1.54) is 25.2 Å². The molecule has 0 saturated heterocycles. The number of benzene rings is 3. The molecule has 1 heterocycles. The molecule has 0 aliphatic rings. The molecule has 0 saturated carbocycles. The van der Waals surface area contributed by atoms with Crippen molar-refractivity contribution in [1.29, 1.82) is 0 Å². The molecular weight excluding hydrogens is 644 g/mol. The fourth-order valence-corrected chi connectivity index (χ4v) is 5.80. The number of nitrogens with one attached hydrogen (secondary N) is 3. The first-order valence-corrected chi connectivity index (χ1v) is 17.9. The Kier molecular flexibility index (Phi) is 13.1. The molecule has 3 atom stereocenters. The normalized spacial score (nSPS) is 13.3. The Labute approximate surface area is 288 Å². The quantitative estimate of drug-likeness (QED) is 0.132. The number of amides is 2. The first-order valence-electron chi connectivity index (χ1n) is 16.1. The van der Waals surface area contributed by atoms with E-state index < -0.39 is 34.0 Å². The molecule has 0 radical (unpaired) electrons. The average molecular weight is 691 g/mol. The van der Waals surface area contributed by atoms with Crippen molar-refractivity contribution in [3.8, 4) is 0 Å². The predicted molar refractivity (Wildman–Crippen MR) is 190 cm³/mol. The van der Waals surface area contributed by atoms with E-state index in [9.17, 15) is 23.1 Å². The Morgan fingerprint density at radius 3 is 2.20 bits per heavy atom. The van der Waals surface area contributed by atoms with Crippen LogP contribution in [0.4, 0.5) is 5.69 Å². The maximum absolute atomic E-state index is 13.9. The smallest absolute Gasteiger partial charge is 0.251 e. The summed E-state index contributed by atoms with van der Waals surface area (Å²) in [7, 11) is -0.716. The molecule has 12 nitrogen and oxygen atoms in total. The lowest BCUT2D eigenvalue weighted by atomic mass is 10.00. The lowest BCUT2D eigenvalue weighted by molar-refractivity contribution is 0.0830. The largest absolute Gasteiger partial charge is 0.390 e. The number of carbonyl (C=O) groups excluding carboxylic acids is 2. The molecule has 1 aromatic heterocycles. The monoisotopic (exact) mass is 690 g/mol. The second-order valence-corrected chi connectivity index (χ2v) is 14.1. The van der Waals surface area contributed by atoms with E-state index in [4.69, 9.17) is 4.74 Å². The first-order chi connectivity index (χ1) is 23.4. The van der Waals surface area contributed by atoms with Crippen LogP contribution in [-0.4, -0.2) is 80.8 Å². The molecule has 0 aliphatic heterocycles. The molecule has 262 valence electrons. The molecule has 4 N–H and O–H groups in total. The summed E-state index contributed by atoms with van der Waals surface area (Å²) < 4.78 is 33.0. The third-order valence-corrected chi connectivity index (χ3v) is 9.62. The Balaban J connectivity index is 1.56. The van der Waals surface area contributed by atoms with Crippen LogP contribution in [0.15, 0.2) is 85.1 Å². The van der Waals surface area contributed by atoms with Crippen LogP contribution < -0.4 is 20.3 Å². The molecule has 0 bridgehead atoms. The fourth-order valence-electron chi connectivity index (χ4n) is 5.31. The highest BCUT2D eigenvalue weighted by Crippen LogP contribution is 2.22. The average Bonchev–Trinajstić information content (AvgIpc) is 3.44. The standard InChI is InChI=1S/C36H46N6O6S/c1-25(28-14-10-7-11-15-28)39-35(44)29-19-30(21-32(20-29)41(3)49(5,46)47)36(45)40-33(18-27-12-8-6-9-13-27)34(43)24-37-22-31-23-38-42(26(31)2)16-17-48-4/h6-15,19-21,23,25,33-34,37,43H,16-18,22,24H2,1-5H3,(H,39,44)(H,40,45)/t25-,33+,34-/m1/s1. The number of rotatable bonds is 17. The molecule has 2 amide bonds. The number of methoxy groups -OCH3 is 1. The summed E-state index contributed by atoms with van der Waals surface area (Å²) in [6.45, 7) is 5.62. The van der Waals surface area contributed by atoms with E-state index in [0.717, 1.165) is 32.9 Å². The van der Waals surface area contributed by atoms with Gasteiger partial charge in [-0.2, -0.15) is 5.10 Å². The van der Waals surface area contributed by atoms with Gasteiger partial charge in [0, 0.05) is 49.6 Å². The van der Waals surface area contributed by atoms with Crippen LogP contribution in [0.25, 0.3) is 0 Å². The lowest BCUT2D eigenvalue weighted by Crippen LogP contribution is -2.48. The summed E-state index contributed by atoms with van der Waals surface area (Å²) in [5.41, 5.74) is 4.10. The first kappa shape index (κ1) is 37.3. The van der Waals surface area contributed by atoms with Crippen molar-refractivity contribution >= 4 is 27.5 Å². The van der Waals surface area contributed by atoms with E-state index >= 15 is 0 Å². The fraction of sp³-hybridized carbons (Fsp3) is 0.361. The highest BCUT2D eigenvalue weighted by Gasteiger charge is 2.25. The number of nitrogens with zero attached hydrogens (tertiary/aromatic N) is 3. The van der Waals surface area contributed by atoms with Gasteiger partial charge in [-0.25, -0.2) is 8.42 Å². The van der Waals surface area contributed by atoms with E-state index in [1.54, 1.807) is 13.3 Å². The summed E-state index contributed by atoms with van der Waals surface area (Å²) in [4.78, 5) is 27.3. The van der Waals surface area contributed by atoms with E-state index in [2.05, 4.69) is 21.0 Å². The van der Waals surface area contributed by atoms with Gasteiger partial charge in [0.25, 0.3) is 11.8 Å². The molecule has 0 unspecified atom stereocenters. The minimum atomic E-state index is -3.71. The maximum Gasteiger partial charge on any atom is 0.251 e. The summed E-state index contributed by atoms with van der Waals surface area (Å²) in [6.07, 6.45) is 2.16. The van der Waals surface area contributed by atoms with Gasteiger partial charge in [0.2, 0.25) is 10.0 Å². The molecular formula is C36H46N6O6S. The van der Waals surface area contributed by atoms with Gasteiger partial charge in [0.05, 0.1) is 49.5 Å². The molecule has 13 heteroatoms. The summed E-state index contributed by atoms with van der Waals surface area (Å²) >= 11 is 0. The summed E-state index contributed by atoms with van der Waals surface area (Å²) in [5.74, 6) is -1.04. The number of aliphatic hydroxyl groups is 1. The number of carbonyl (C=O) groups is 2. The third-order valence-electron chi connectivity index (χ3n) is 8.41. The maximum atomic E-state index is 13.9. The zero-order valence-corrected chi connectivity index (χ0v) is 29.4. The van der Waals surface area contributed by atoms with Crippen LogP contribution in [0.3, 0.4) is 0 Å². The molecule has 3 aromatic carbocycles. The van der Waals surface area contributed by atoms with Crippen molar-refractivity contribution < 1.29 is 27.9 Å². The Hall–Kier alpha value is -4.56. The van der Waals surface area contributed by atoms with Gasteiger partial charge in [-0.1, -0.05) is 60.7 Å². The van der Waals surface area contributed by atoms with Crippen LogP contribution in [-0.2, 0) is 34.3 Å². The molecule has 0 fully saturated rings. The Morgan fingerprint density at radius 1 is 0.980 bits per heavy atom. The minimum Gasteiger partial charge on any atom is -0.390 e. The molecule has 4 rings (SSSR count). The van der Waals surface area contributed by atoms with Crippen LogP contribution >= 0.6 is 0 Å². The molecule has 4 aromatic rings. The van der Waals surface area contributed by atoms with Crippen molar-refractivity contribution in [3.63, 3.8) is 0 Å². The second kappa shape index (κ2) is 17.2. The summed E-state index contributed by atoms with van der Waals surface area (Å²) in [5, 5.41) is 24.9. The third kappa shape index (κ3) is 10.5. The van der Waals surface area contributed by atoms with Gasteiger partial charge in [-0.15, -0.1) is 0 Å². The van der Waals surface area contributed by atoms with Gasteiger partial charge >= 0.3 is 0 Å². The predicted octanol–water partition coefficient (Wildman–Crippen LogP) is 3.22. The number of anilines is 1. The van der Waals surface area contributed by atoms with E-state index in [0.29, 0.717) is 26.1 Å². The van der Waals surface area contributed by atoms with Gasteiger partial charge in [-0.05, 0) is 49.6 Å². The number of sulfonamides is 1. The van der Waals surface area contributed by atoms with Crippen LogP contribution in [0.1, 0.15) is 56.1 Å². The zero-order valence-electron chi connectivity index (χ0n) is 28.6. The van der Waals surface area contributed by atoms with Crippen molar-refractivity contribution in [1.82, 2.24) is 25.7 Å². The lowest BCUT2D eigenvalue weighted by Gasteiger charge is -2.25. The topological polar surface area (TPSA) is 155 Å². The zero-order chi connectivity index (χ0) is 35.6. The SMILES string of the molecule is COCCn1ncc(CNC[C@@H](O)[C@H](Cc2ccccc2)NC(=O)c2cc(C(=O)N[C@H](C)c3ccccc3)cc(N(C)S(C)(=O)=O)c2)c1C. The molecule has 49 heavy (non-hydrogen) atoms. The van der Waals surface area contributed by atoms with E-state index in [1.807, 2.05) is 79.2 Å². The van der Waals surface area contributed by atoms with Crippen LogP contribution in [0.5, 0.6) is 0 Å². The minimum absolute atomic E-state index is 0.0721. The highest BCUT2D eigenvalue weighted by molar-refractivity contribution is 7.92. The number of ether oxygens (including phenoxy) is 1. The second-order valence-electron chi connectivity index (χ2n) is 12.0.